The number of benzene rings is 1. The maximum atomic E-state index is 11.5. The van der Waals surface area contributed by atoms with E-state index >= 15 is 0 Å². The molecule has 3 heteroatoms. The predicted molar refractivity (Wildman–Crippen MR) is 68.5 cm³/mol. The van der Waals surface area contributed by atoms with Gasteiger partial charge in [0.15, 0.2) is 0 Å². The number of nitrogens with one attached hydrogen (secondary N) is 1. The summed E-state index contributed by atoms with van der Waals surface area (Å²) in [5.74, 6) is 0.328. The topological polar surface area (TPSA) is 38.3 Å². The molecule has 0 spiro atoms. The molecular formula is C14H19NO2. The number of anilines is 1. The van der Waals surface area contributed by atoms with E-state index in [1.54, 1.807) is 0 Å². The second kappa shape index (κ2) is 5.21. The van der Waals surface area contributed by atoms with Crippen molar-refractivity contribution in [3.05, 3.63) is 29.3 Å². The molecule has 0 aliphatic heterocycles. The molecule has 0 bridgehead atoms. The normalized spacial score (nSPS) is 15.9. The fourth-order valence-corrected chi connectivity index (χ4v) is 2.61. The molecule has 17 heavy (non-hydrogen) atoms. The Bertz CT molecular complexity index is 409. The maximum absolute atomic E-state index is 11.5. The molecule has 1 aliphatic carbocycles. The highest BCUT2D eigenvalue weighted by atomic mass is 16.5. The molecule has 0 amide bonds. The van der Waals surface area contributed by atoms with Crippen LogP contribution < -0.4 is 5.32 Å². The first-order valence-corrected chi connectivity index (χ1v) is 6.16. The van der Waals surface area contributed by atoms with Gasteiger partial charge in [0.05, 0.1) is 12.7 Å². The largest absolute Gasteiger partial charge is 0.465 e. The number of methoxy groups -OCH3 is 1. The number of ether oxygens (including phenoxy) is 1. The molecule has 2 rings (SSSR count). The molecular weight excluding hydrogens is 214 g/mol. The first-order chi connectivity index (χ1) is 8.26. The summed E-state index contributed by atoms with van der Waals surface area (Å²) in [5.41, 5.74) is 3.03. The van der Waals surface area contributed by atoms with Crippen LogP contribution in [0.2, 0.25) is 0 Å². The van der Waals surface area contributed by atoms with Crippen LogP contribution in [0.3, 0.4) is 0 Å². The van der Waals surface area contributed by atoms with Crippen LogP contribution >= 0.6 is 0 Å². The lowest BCUT2D eigenvalue weighted by Gasteiger charge is -2.16. The minimum atomic E-state index is -0.258. The van der Waals surface area contributed by atoms with Crippen molar-refractivity contribution in [2.24, 2.45) is 0 Å². The Kier molecular flexibility index (Phi) is 3.67. The summed E-state index contributed by atoms with van der Waals surface area (Å²) in [4.78, 5) is 11.5. The zero-order valence-electron chi connectivity index (χ0n) is 10.5. The van der Waals surface area contributed by atoms with Gasteiger partial charge in [-0.1, -0.05) is 12.8 Å². The van der Waals surface area contributed by atoms with Crippen molar-refractivity contribution < 1.29 is 9.53 Å². The molecule has 0 radical (unpaired) electrons. The number of carbonyl (C=O) groups excluding carboxylic acids is 1. The first kappa shape index (κ1) is 12.0. The fourth-order valence-electron chi connectivity index (χ4n) is 2.61. The van der Waals surface area contributed by atoms with Crippen LogP contribution in [0.4, 0.5) is 5.69 Å². The Morgan fingerprint density at radius 3 is 2.65 bits per heavy atom. The number of hydrogen-bond acceptors (Lipinski definition) is 3. The van der Waals surface area contributed by atoms with Crippen molar-refractivity contribution in [3.8, 4) is 0 Å². The van der Waals surface area contributed by atoms with Crippen molar-refractivity contribution in [1.82, 2.24) is 0 Å². The highest BCUT2D eigenvalue weighted by Gasteiger charge is 2.21. The Hall–Kier alpha value is -1.51. The maximum Gasteiger partial charge on any atom is 0.337 e. The number of hydrogen-bond donors (Lipinski definition) is 1. The molecule has 1 fully saturated rings. The van der Waals surface area contributed by atoms with Gasteiger partial charge in [-0.2, -0.15) is 0 Å². The average molecular weight is 233 g/mol. The van der Waals surface area contributed by atoms with Crippen molar-refractivity contribution in [3.63, 3.8) is 0 Å². The summed E-state index contributed by atoms with van der Waals surface area (Å²) < 4.78 is 4.77. The summed E-state index contributed by atoms with van der Waals surface area (Å²) in [7, 11) is 3.34. The Labute approximate surface area is 102 Å². The third-order valence-corrected chi connectivity index (χ3v) is 3.54. The van der Waals surface area contributed by atoms with E-state index in [1.165, 1.54) is 38.4 Å². The zero-order chi connectivity index (χ0) is 12.3. The van der Waals surface area contributed by atoms with E-state index < -0.39 is 0 Å². The Balaban J connectivity index is 2.35. The highest BCUT2D eigenvalue weighted by molar-refractivity contribution is 5.90. The van der Waals surface area contributed by atoms with Crippen LogP contribution in [-0.4, -0.2) is 20.1 Å². The second-order valence-corrected chi connectivity index (χ2v) is 4.52. The minimum absolute atomic E-state index is 0.258. The lowest BCUT2D eigenvalue weighted by Crippen LogP contribution is -2.05. The monoisotopic (exact) mass is 233 g/mol. The lowest BCUT2D eigenvalue weighted by molar-refractivity contribution is 0.0600. The van der Waals surface area contributed by atoms with Crippen LogP contribution in [0.25, 0.3) is 0 Å². The predicted octanol–water partition coefficient (Wildman–Crippen LogP) is 3.17. The van der Waals surface area contributed by atoms with Crippen LogP contribution in [0.15, 0.2) is 18.2 Å². The molecule has 1 saturated carbocycles. The molecule has 92 valence electrons. The fraction of sp³-hybridized carbons (Fsp3) is 0.500. The van der Waals surface area contributed by atoms with Crippen molar-refractivity contribution in [2.45, 2.75) is 31.6 Å². The minimum Gasteiger partial charge on any atom is -0.465 e. The smallest absolute Gasteiger partial charge is 0.337 e. The molecule has 0 atom stereocenters. The van der Waals surface area contributed by atoms with Gasteiger partial charge in [-0.3, -0.25) is 0 Å². The number of esters is 1. The van der Waals surface area contributed by atoms with E-state index in [2.05, 4.69) is 5.32 Å². The van der Waals surface area contributed by atoms with Gasteiger partial charge < -0.3 is 10.1 Å². The Morgan fingerprint density at radius 1 is 1.35 bits per heavy atom. The number of carbonyl (C=O) groups is 1. The number of rotatable bonds is 3. The molecule has 1 aromatic carbocycles. The van der Waals surface area contributed by atoms with Crippen molar-refractivity contribution in [1.29, 1.82) is 0 Å². The van der Waals surface area contributed by atoms with E-state index in [0.29, 0.717) is 11.5 Å². The van der Waals surface area contributed by atoms with Crippen LogP contribution in [0.5, 0.6) is 0 Å². The third-order valence-electron chi connectivity index (χ3n) is 3.54. The third kappa shape index (κ3) is 2.43. The Morgan fingerprint density at radius 2 is 2.06 bits per heavy atom. The quantitative estimate of drug-likeness (QED) is 0.815. The summed E-state index contributed by atoms with van der Waals surface area (Å²) in [6.07, 6.45) is 5.02. The van der Waals surface area contributed by atoms with E-state index in [0.717, 1.165) is 5.69 Å². The average Bonchev–Trinajstić information content (AvgIpc) is 2.90. The van der Waals surface area contributed by atoms with Gasteiger partial charge in [0.2, 0.25) is 0 Å². The van der Waals surface area contributed by atoms with Crippen molar-refractivity contribution in [2.75, 3.05) is 19.5 Å². The molecule has 0 saturated heterocycles. The van der Waals surface area contributed by atoms with Crippen LogP contribution in [-0.2, 0) is 4.74 Å². The van der Waals surface area contributed by atoms with E-state index in [9.17, 15) is 4.79 Å². The lowest BCUT2D eigenvalue weighted by atomic mass is 9.94. The van der Waals surface area contributed by atoms with Crippen molar-refractivity contribution >= 4 is 11.7 Å². The second-order valence-electron chi connectivity index (χ2n) is 4.52. The van der Waals surface area contributed by atoms with Crippen LogP contribution in [0.1, 0.15) is 47.5 Å². The van der Waals surface area contributed by atoms with Crippen LogP contribution in [0, 0.1) is 0 Å². The highest BCUT2D eigenvalue weighted by Crippen LogP contribution is 2.38. The van der Waals surface area contributed by atoms with Gasteiger partial charge in [-0.15, -0.1) is 0 Å². The zero-order valence-corrected chi connectivity index (χ0v) is 10.5. The van der Waals surface area contributed by atoms with Gasteiger partial charge in [0, 0.05) is 12.7 Å². The molecule has 1 aromatic rings. The van der Waals surface area contributed by atoms with Gasteiger partial charge in [-0.25, -0.2) is 4.79 Å². The van der Waals surface area contributed by atoms with Gasteiger partial charge in [0.25, 0.3) is 0 Å². The summed E-state index contributed by atoms with van der Waals surface area (Å²) in [6.45, 7) is 0. The van der Waals surface area contributed by atoms with Gasteiger partial charge in [-0.05, 0) is 42.5 Å². The summed E-state index contributed by atoms with van der Waals surface area (Å²) in [6, 6.07) is 5.77. The molecule has 1 N–H and O–H groups in total. The molecule has 0 heterocycles. The molecule has 0 aromatic heterocycles. The summed E-state index contributed by atoms with van der Waals surface area (Å²) in [5, 5.41) is 3.20. The standard InChI is InChI=1S/C14H19NO2/c1-15-13-8-7-11(14(16)17-2)9-12(13)10-5-3-4-6-10/h7-10,15H,3-6H2,1-2H3. The van der Waals surface area contributed by atoms with Gasteiger partial charge in [0.1, 0.15) is 0 Å². The van der Waals surface area contributed by atoms with E-state index in [4.69, 9.17) is 4.74 Å². The van der Waals surface area contributed by atoms with Gasteiger partial charge >= 0.3 is 5.97 Å². The molecule has 0 unspecified atom stereocenters. The summed E-state index contributed by atoms with van der Waals surface area (Å²) >= 11 is 0. The SMILES string of the molecule is CNc1ccc(C(=O)OC)cc1C1CCCC1. The van der Waals surface area contributed by atoms with E-state index in [1.807, 2.05) is 25.2 Å². The molecule has 3 nitrogen and oxygen atoms in total. The first-order valence-electron chi connectivity index (χ1n) is 6.16. The van der Waals surface area contributed by atoms with E-state index in [-0.39, 0.29) is 5.97 Å². The molecule has 1 aliphatic rings.